The Morgan fingerprint density at radius 3 is 2.75 bits per heavy atom. The molecule has 2 unspecified atom stereocenters. The third-order valence-corrected chi connectivity index (χ3v) is 5.71. The number of fused-ring (bicyclic) bond motifs is 2. The highest BCUT2D eigenvalue weighted by Crippen LogP contribution is 2.32. The SMILES string of the molecule is O=C(NCC1CC2CCC(C1)N2)Oc1ccccc1-c1ccsc1. The second kappa shape index (κ2) is 6.95. The zero-order valence-corrected chi connectivity index (χ0v) is 14.4. The van der Waals surface area contributed by atoms with Gasteiger partial charge in [-0.05, 0) is 60.1 Å². The van der Waals surface area contributed by atoms with Crippen LogP contribution in [0.4, 0.5) is 4.79 Å². The monoisotopic (exact) mass is 342 g/mol. The standard InChI is InChI=1S/C19H22N2O2S/c22-19(20-11-13-9-15-5-6-16(10-13)21-15)23-18-4-2-1-3-17(18)14-7-8-24-12-14/h1-4,7-8,12-13,15-16,21H,5-6,9-11H2,(H,20,22). The van der Waals surface area contributed by atoms with Gasteiger partial charge in [0.05, 0.1) is 0 Å². The number of carbonyl (C=O) groups is 1. The average molecular weight is 342 g/mol. The van der Waals surface area contributed by atoms with Crippen molar-refractivity contribution in [3.63, 3.8) is 0 Å². The van der Waals surface area contributed by atoms with Crippen molar-refractivity contribution in [2.24, 2.45) is 5.92 Å². The second-order valence-corrected chi connectivity index (χ2v) is 7.53. The highest BCUT2D eigenvalue weighted by Gasteiger charge is 2.33. The lowest BCUT2D eigenvalue weighted by atomic mass is 9.92. The number of ether oxygens (including phenoxy) is 1. The van der Waals surface area contributed by atoms with Gasteiger partial charge in [-0.25, -0.2) is 4.79 Å². The van der Waals surface area contributed by atoms with Crippen LogP contribution in [0.1, 0.15) is 25.7 Å². The van der Waals surface area contributed by atoms with E-state index in [2.05, 4.69) is 16.0 Å². The van der Waals surface area contributed by atoms with Gasteiger partial charge in [0.1, 0.15) is 5.75 Å². The summed E-state index contributed by atoms with van der Waals surface area (Å²) in [5.41, 5.74) is 2.03. The van der Waals surface area contributed by atoms with Crippen molar-refractivity contribution >= 4 is 17.4 Å². The second-order valence-electron chi connectivity index (χ2n) is 6.75. The first kappa shape index (κ1) is 15.7. The summed E-state index contributed by atoms with van der Waals surface area (Å²) in [7, 11) is 0. The van der Waals surface area contributed by atoms with Crippen LogP contribution in [0.5, 0.6) is 5.75 Å². The van der Waals surface area contributed by atoms with Gasteiger partial charge in [-0.1, -0.05) is 18.2 Å². The molecule has 1 aromatic carbocycles. The molecule has 3 heterocycles. The molecule has 2 N–H and O–H groups in total. The van der Waals surface area contributed by atoms with E-state index >= 15 is 0 Å². The van der Waals surface area contributed by atoms with Gasteiger partial charge < -0.3 is 15.4 Å². The summed E-state index contributed by atoms with van der Waals surface area (Å²) < 4.78 is 5.57. The third kappa shape index (κ3) is 3.47. The molecule has 2 aliphatic rings. The van der Waals surface area contributed by atoms with Gasteiger partial charge in [-0.3, -0.25) is 0 Å². The highest BCUT2D eigenvalue weighted by molar-refractivity contribution is 7.08. The minimum Gasteiger partial charge on any atom is -0.410 e. The Morgan fingerprint density at radius 2 is 2.00 bits per heavy atom. The predicted molar refractivity (Wildman–Crippen MR) is 96.5 cm³/mol. The van der Waals surface area contributed by atoms with Gasteiger partial charge in [-0.15, -0.1) is 0 Å². The van der Waals surface area contributed by atoms with E-state index in [0.717, 1.165) is 24.0 Å². The summed E-state index contributed by atoms with van der Waals surface area (Å²) in [5.74, 6) is 1.17. The molecule has 0 aliphatic carbocycles. The van der Waals surface area contributed by atoms with Crippen LogP contribution in [0.3, 0.4) is 0 Å². The van der Waals surface area contributed by atoms with Crippen molar-refractivity contribution in [1.29, 1.82) is 0 Å². The fourth-order valence-electron chi connectivity index (χ4n) is 3.92. The Bertz CT molecular complexity index is 689. The molecule has 1 aromatic heterocycles. The Morgan fingerprint density at radius 1 is 1.21 bits per heavy atom. The summed E-state index contributed by atoms with van der Waals surface area (Å²) in [5, 5.41) is 10.7. The number of hydrogen-bond donors (Lipinski definition) is 2. The van der Waals surface area contributed by atoms with Crippen LogP contribution in [0.2, 0.25) is 0 Å². The molecule has 1 amide bonds. The largest absolute Gasteiger partial charge is 0.412 e. The molecule has 0 saturated carbocycles. The van der Waals surface area contributed by atoms with Gasteiger partial charge in [0, 0.05) is 24.2 Å². The summed E-state index contributed by atoms with van der Waals surface area (Å²) in [6, 6.07) is 11.0. The van der Waals surface area contributed by atoms with E-state index in [4.69, 9.17) is 4.74 Å². The number of thiophene rings is 1. The van der Waals surface area contributed by atoms with E-state index < -0.39 is 0 Å². The van der Waals surface area contributed by atoms with Gasteiger partial charge in [0.2, 0.25) is 0 Å². The van der Waals surface area contributed by atoms with E-state index in [1.165, 1.54) is 12.8 Å². The van der Waals surface area contributed by atoms with Crippen LogP contribution in [0, 0.1) is 5.92 Å². The lowest BCUT2D eigenvalue weighted by Gasteiger charge is -2.29. The first-order valence-electron chi connectivity index (χ1n) is 8.61. The molecule has 0 radical (unpaired) electrons. The number of carbonyl (C=O) groups excluding carboxylic acids is 1. The zero-order chi connectivity index (χ0) is 16.4. The normalized spacial score (nSPS) is 25.4. The molecular weight excluding hydrogens is 320 g/mol. The van der Waals surface area contributed by atoms with Crippen molar-refractivity contribution in [1.82, 2.24) is 10.6 Å². The van der Waals surface area contributed by atoms with Crippen LogP contribution in [0.15, 0.2) is 41.1 Å². The van der Waals surface area contributed by atoms with Crippen molar-refractivity contribution < 1.29 is 9.53 Å². The number of piperidine rings is 1. The molecule has 4 rings (SSSR count). The Kier molecular flexibility index (Phi) is 4.54. The molecule has 2 saturated heterocycles. The van der Waals surface area contributed by atoms with Gasteiger partial charge in [-0.2, -0.15) is 11.3 Å². The summed E-state index contributed by atoms with van der Waals surface area (Å²) in [6.45, 7) is 0.703. The van der Waals surface area contributed by atoms with Crippen LogP contribution in [-0.4, -0.2) is 24.7 Å². The van der Waals surface area contributed by atoms with Gasteiger partial charge >= 0.3 is 6.09 Å². The van der Waals surface area contributed by atoms with Crippen LogP contribution >= 0.6 is 11.3 Å². The third-order valence-electron chi connectivity index (χ3n) is 5.03. The predicted octanol–water partition coefficient (Wildman–Crippen LogP) is 4.03. The quantitative estimate of drug-likeness (QED) is 0.882. The maximum atomic E-state index is 12.2. The average Bonchev–Trinajstić information content (AvgIpc) is 3.23. The van der Waals surface area contributed by atoms with Crippen molar-refractivity contribution in [2.75, 3.05) is 6.54 Å². The van der Waals surface area contributed by atoms with E-state index in [9.17, 15) is 4.79 Å². The summed E-state index contributed by atoms with van der Waals surface area (Å²) in [4.78, 5) is 12.2. The lowest BCUT2D eigenvalue weighted by molar-refractivity contribution is 0.195. The number of benzene rings is 1. The van der Waals surface area contributed by atoms with Crippen LogP contribution in [-0.2, 0) is 0 Å². The minimum atomic E-state index is -0.358. The lowest BCUT2D eigenvalue weighted by Crippen LogP contribution is -2.42. The van der Waals surface area contributed by atoms with E-state index in [1.54, 1.807) is 11.3 Å². The van der Waals surface area contributed by atoms with Crippen LogP contribution in [0.25, 0.3) is 11.1 Å². The highest BCUT2D eigenvalue weighted by atomic mass is 32.1. The molecule has 5 heteroatoms. The molecule has 2 aliphatic heterocycles. The van der Waals surface area contributed by atoms with E-state index in [1.807, 2.05) is 35.7 Å². The topological polar surface area (TPSA) is 50.4 Å². The van der Waals surface area contributed by atoms with E-state index in [-0.39, 0.29) is 6.09 Å². The zero-order valence-electron chi connectivity index (χ0n) is 13.5. The summed E-state index contributed by atoms with van der Waals surface area (Å²) in [6.07, 6.45) is 4.51. The Hall–Kier alpha value is -1.85. The minimum absolute atomic E-state index is 0.358. The maximum Gasteiger partial charge on any atom is 0.412 e. The molecule has 2 bridgehead atoms. The Balaban J connectivity index is 1.35. The van der Waals surface area contributed by atoms with Crippen LogP contribution < -0.4 is 15.4 Å². The van der Waals surface area contributed by atoms with Gasteiger partial charge in [0.25, 0.3) is 0 Å². The molecular formula is C19H22N2O2S. The van der Waals surface area contributed by atoms with Gasteiger partial charge in [0.15, 0.2) is 0 Å². The maximum absolute atomic E-state index is 12.2. The molecule has 126 valence electrons. The first-order valence-corrected chi connectivity index (χ1v) is 9.55. The number of nitrogens with one attached hydrogen (secondary N) is 2. The molecule has 2 fully saturated rings. The molecule has 2 aromatic rings. The first-order chi connectivity index (χ1) is 11.8. The van der Waals surface area contributed by atoms with E-state index in [0.29, 0.717) is 30.3 Å². The fourth-order valence-corrected chi connectivity index (χ4v) is 4.57. The molecule has 4 nitrogen and oxygen atoms in total. The molecule has 2 atom stereocenters. The molecule has 24 heavy (non-hydrogen) atoms. The van der Waals surface area contributed by atoms with Crippen molar-refractivity contribution in [2.45, 2.75) is 37.8 Å². The number of hydrogen-bond acceptors (Lipinski definition) is 4. The molecule has 0 spiro atoms. The number of para-hydroxylation sites is 1. The number of amides is 1. The summed E-state index contributed by atoms with van der Waals surface area (Å²) >= 11 is 1.64. The Labute approximate surface area is 146 Å². The fraction of sp³-hybridized carbons (Fsp3) is 0.421. The van der Waals surface area contributed by atoms with Crippen molar-refractivity contribution in [3.8, 4) is 16.9 Å². The number of rotatable bonds is 4. The van der Waals surface area contributed by atoms with Crippen molar-refractivity contribution in [3.05, 3.63) is 41.1 Å². The smallest absolute Gasteiger partial charge is 0.410 e.